The fourth-order valence-corrected chi connectivity index (χ4v) is 0.883. The molecule has 0 aliphatic heterocycles. The minimum atomic E-state index is 0.956. The molecule has 0 saturated carbocycles. The van der Waals surface area contributed by atoms with Crippen molar-refractivity contribution in [1.82, 2.24) is 9.97 Å². The van der Waals surface area contributed by atoms with Crippen molar-refractivity contribution in [2.24, 2.45) is 0 Å². The van der Waals surface area contributed by atoms with E-state index in [1.54, 1.807) is 6.20 Å². The smallest absolute Gasteiger partial charge is 0.137 e. The van der Waals surface area contributed by atoms with E-state index in [1.165, 1.54) is 0 Å². The summed E-state index contributed by atoms with van der Waals surface area (Å²) in [5, 5.41) is 13.2. The minimum absolute atomic E-state index is 0.956. The molecule has 0 bridgehead atoms. The van der Waals surface area contributed by atoms with Crippen LogP contribution in [0.1, 0.15) is 0 Å². The number of aromatic nitrogens is 2. The fourth-order valence-electron chi connectivity index (χ4n) is 0.883. The number of nitrogens with one attached hydrogen (secondary N) is 1. The number of aromatic amines is 1. The molecule has 0 unspecified atom stereocenters. The Labute approximate surface area is 63.1 Å². The molecular formula is C7H8N2O2. The highest BCUT2D eigenvalue weighted by molar-refractivity contribution is 5.74. The highest BCUT2D eigenvalue weighted by atomic mass is 17.0. The summed E-state index contributed by atoms with van der Waals surface area (Å²) < 4.78 is 0. The lowest BCUT2D eigenvalue weighted by atomic mass is 10.3. The average molecular weight is 152 g/mol. The molecule has 0 aromatic carbocycles. The predicted octanol–water partition coefficient (Wildman–Crippen LogP) is 1.58. The van der Waals surface area contributed by atoms with Crippen molar-refractivity contribution in [2.45, 2.75) is 0 Å². The molecule has 2 aromatic heterocycles. The Morgan fingerprint density at radius 1 is 1.27 bits per heavy atom. The van der Waals surface area contributed by atoms with E-state index in [4.69, 9.17) is 10.5 Å². The van der Waals surface area contributed by atoms with E-state index >= 15 is 0 Å². The van der Waals surface area contributed by atoms with Crippen LogP contribution >= 0.6 is 0 Å². The summed E-state index contributed by atoms with van der Waals surface area (Å²) in [4.78, 5) is 7.09. The van der Waals surface area contributed by atoms with Crippen LogP contribution in [-0.2, 0) is 0 Å². The van der Waals surface area contributed by atoms with Crippen LogP contribution in [0, 0.1) is 0 Å². The second-order valence-electron chi connectivity index (χ2n) is 1.92. The molecule has 4 nitrogen and oxygen atoms in total. The monoisotopic (exact) mass is 152 g/mol. The van der Waals surface area contributed by atoms with Crippen LogP contribution in [0.3, 0.4) is 0 Å². The number of hydrogen-bond acceptors (Lipinski definition) is 3. The molecule has 0 saturated heterocycles. The van der Waals surface area contributed by atoms with Gasteiger partial charge in [-0.2, -0.15) is 0 Å². The third kappa shape index (κ3) is 1.54. The van der Waals surface area contributed by atoms with E-state index in [2.05, 4.69) is 9.97 Å². The zero-order valence-electron chi connectivity index (χ0n) is 5.73. The second kappa shape index (κ2) is 3.70. The van der Waals surface area contributed by atoms with Crippen molar-refractivity contribution < 1.29 is 10.5 Å². The Hall–Kier alpha value is -1.39. The molecule has 4 heteroatoms. The zero-order chi connectivity index (χ0) is 8.10. The van der Waals surface area contributed by atoms with Crippen LogP contribution in [0.15, 0.2) is 30.6 Å². The maximum absolute atomic E-state index is 6.00. The first-order chi connectivity index (χ1) is 5.47. The number of rotatable bonds is 0. The minimum Gasteiger partial charge on any atom is -0.346 e. The van der Waals surface area contributed by atoms with E-state index in [0.29, 0.717) is 0 Å². The highest BCUT2D eigenvalue weighted by Crippen LogP contribution is 2.05. The van der Waals surface area contributed by atoms with Crippen molar-refractivity contribution in [3.8, 4) is 0 Å². The molecule has 0 fully saturated rings. The normalized spacial score (nSPS) is 8.91. The van der Waals surface area contributed by atoms with Gasteiger partial charge in [0, 0.05) is 17.8 Å². The number of pyridine rings is 1. The second-order valence-corrected chi connectivity index (χ2v) is 1.92. The molecule has 0 aliphatic rings. The maximum atomic E-state index is 6.00. The van der Waals surface area contributed by atoms with E-state index in [1.807, 2.05) is 24.4 Å². The lowest BCUT2D eigenvalue weighted by molar-refractivity contribution is -0.176. The SMILES string of the molecule is OO.c1cnc2[nH]ccc2c1. The molecule has 2 aromatic rings. The largest absolute Gasteiger partial charge is 0.346 e. The van der Waals surface area contributed by atoms with Gasteiger partial charge in [0.15, 0.2) is 0 Å². The molecule has 2 heterocycles. The Morgan fingerprint density at radius 3 is 2.82 bits per heavy atom. The summed E-state index contributed by atoms with van der Waals surface area (Å²) in [7, 11) is 0. The first-order valence-electron chi connectivity index (χ1n) is 3.05. The lowest BCUT2D eigenvalue weighted by Crippen LogP contribution is -1.70. The molecule has 0 radical (unpaired) electrons. The Kier molecular flexibility index (Phi) is 2.59. The Bertz CT molecular complexity index is 288. The Morgan fingerprint density at radius 2 is 2.09 bits per heavy atom. The van der Waals surface area contributed by atoms with Crippen LogP contribution in [-0.4, -0.2) is 20.5 Å². The zero-order valence-corrected chi connectivity index (χ0v) is 5.73. The highest BCUT2D eigenvalue weighted by Gasteiger charge is 1.88. The van der Waals surface area contributed by atoms with Crippen molar-refractivity contribution in [1.29, 1.82) is 0 Å². The van der Waals surface area contributed by atoms with Gasteiger partial charge >= 0.3 is 0 Å². The van der Waals surface area contributed by atoms with Crippen molar-refractivity contribution in [3.63, 3.8) is 0 Å². The van der Waals surface area contributed by atoms with Gasteiger partial charge in [0.05, 0.1) is 0 Å². The summed E-state index contributed by atoms with van der Waals surface area (Å²) in [6, 6.07) is 5.96. The molecule has 2 rings (SSSR count). The third-order valence-electron chi connectivity index (χ3n) is 1.32. The summed E-state index contributed by atoms with van der Waals surface area (Å²) in [6.45, 7) is 0. The van der Waals surface area contributed by atoms with Gasteiger partial charge in [-0.15, -0.1) is 0 Å². The summed E-state index contributed by atoms with van der Waals surface area (Å²) in [6.07, 6.45) is 3.66. The molecular weight excluding hydrogens is 144 g/mol. The standard InChI is InChI=1S/C7H6N2.H2O2/c1-2-6-3-5-9-7(6)8-4-1;1-2/h1-5H,(H,8,9);1-2H. The molecule has 0 atom stereocenters. The third-order valence-corrected chi connectivity index (χ3v) is 1.32. The quantitative estimate of drug-likeness (QED) is 0.396. The van der Waals surface area contributed by atoms with Gasteiger partial charge in [0.1, 0.15) is 5.65 Å². The van der Waals surface area contributed by atoms with Crippen LogP contribution in [0.5, 0.6) is 0 Å². The molecule has 3 N–H and O–H groups in total. The van der Waals surface area contributed by atoms with Crippen molar-refractivity contribution in [2.75, 3.05) is 0 Å². The van der Waals surface area contributed by atoms with E-state index in [-0.39, 0.29) is 0 Å². The molecule has 0 aliphatic carbocycles. The first kappa shape index (κ1) is 7.71. The maximum Gasteiger partial charge on any atom is 0.137 e. The van der Waals surface area contributed by atoms with Gasteiger partial charge in [-0.05, 0) is 18.2 Å². The van der Waals surface area contributed by atoms with Gasteiger partial charge in [0.2, 0.25) is 0 Å². The van der Waals surface area contributed by atoms with Gasteiger partial charge in [-0.3, -0.25) is 10.5 Å². The van der Waals surface area contributed by atoms with Gasteiger partial charge in [-0.1, -0.05) is 0 Å². The van der Waals surface area contributed by atoms with Crippen LogP contribution < -0.4 is 0 Å². The summed E-state index contributed by atoms with van der Waals surface area (Å²) in [5.74, 6) is 0. The Balaban J connectivity index is 0.000000281. The van der Waals surface area contributed by atoms with E-state index in [9.17, 15) is 0 Å². The van der Waals surface area contributed by atoms with Crippen molar-refractivity contribution >= 4 is 11.0 Å². The van der Waals surface area contributed by atoms with Gasteiger partial charge in [-0.25, -0.2) is 4.98 Å². The average Bonchev–Trinajstić information content (AvgIpc) is 2.55. The predicted molar refractivity (Wildman–Crippen MR) is 41.4 cm³/mol. The van der Waals surface area contributed by atoms with E-state index in [0.717, 1.165) is 11.0 Å². The fraction of sp³-hybridized carbons (Fsp3) is 0. The summed E-state index contributed by atoms with van der Waals surface area (Å²) in [5.41, 5.74) is 0.956. The van der Waals surface area contributed by atoms with Gasteiger partial charge in [0.25, 0.3) is 0 Å². The van der Waals surface area contributed by atoms with Crippen LogP contribution in [0.2, 0.25) is 0 Å². The van der Waals surface area contributed by atoms with Gasteiger partial charge < -0.3 is 4.98 Å². The summed E-state index contributed by atoms with van der Waals surface area (Å²) >= 11 is 0. The number of nitrogens with zero attached hydrogens (tertiary/aromatic N) is 1. The van der Waals surface area contributed by atoms with Crippen molar-refractivity contribution in [3.05, 3.63) is 30.6 Å². The molecule has 0 amide bonds. The lowest BCUT2D eigenvalue weighted by Gasteiger charge is -1.82. The van der Waals surface area contributed by atoms with E-state index < -0.39 is 0 Å². The molecule has 0 spiro atoms. The van der Waals surface area contributed by atoms with Crippen LogP contribution in [0.25, 0.3) is 11.0 Å². The number of hydrogen-bond donors (Lipinski definition) is 3. The molecule has 11 heavy (non-hydrogen) atoms. The number of H-pyrrole nitrogens is 1. The first-order valence-corrected chi connectivity index (χ1v) is 3.05. The molecule has 58 valence electrons. The number of fused-ring (bicyclic) bond motifs is 1. The van der Waals surface area contributed by atoms with Crippen LogP contribution in [0.4, 0.5) is 0 Å². The topological polar surface area (TPSA) is 69.1 Å².